The van der Waals surface area contributed by atoms with E-state index in [9.17, 15) is 9.59 Å². The highest BCUT2D eigenvalue weighted by Gasteiger charge is 2.13. The van der Waals surface area contributed by atoms with Crippen molar-refractivity contribution >= 4 is 17.8 Å². The first-order valence-electron chi connectivity index (χ1n) is 9.12. The van der Waals surface area contributed by atoms with Crippen molar-refractivity contribution in [1.29, 1.82) is 0 Å². The standard InChI is InChI=1S/C20H21N7O2/c1-12(2)10-23-19(29)16-8-7-14(11-22-16)18(28)27-20-25-13(3)24-17(26-20)15-6-4-5-9-21-15/h4-9,11-12H,10H2,1-3H3,(H,23,29)(H,24,25,26,27,28). The summed E-state index contributed by atoms with van der Waals surface area (Å²) < 4.78 is 0. The maximum atomic E-state index is 12.5. The Kier molecular flexibility index (Phi) is 6.18. The van der Waals surface area contributed by atoms with Crippen LogP contribution in [-0.2, 0) is 0 Å². The fourth-order valence-corrected chi connectivity index (χ4v) is 2.37. The van der Waals surface area contributed by atoms with E-state index in [1.54, 1.807) is 25.3 Å². The summed E-state index contributed by atoms with van der Waals surface area (Å²) in [6, 6.07) is 8.42. The van der Waals surface area contributed by atoms with Crippen LogP contribution in [0.4, 0.5) is 5.95 Å². The Hall–Kier alpha value is -3.75. The van der Waals surface area contributed by atoms with E-state index in [-0.39, 0.29) is 23.1 Å². The molecule has 0 aromatic carbocycles. The molecular weight excluding hydrogens is 370 g/mol. The molecule has 0 aliphatic rings. The Morgan fingerprint density at radius 1 is 1.00 bits per heavy atom. The van der Waals surface area contributed by atoms with Gasteiger partial charge in [-0.2, -0.15) is 9.97 Å². The van der Waals surface area contributed by atoms with Crippen LogP contribution >= 0.6 is 0 Å². The molecule has 3 aromatic rings. The highest BCUT2D eigenvalue weighted by atomic mass is 16.2. The summed E-state index contributed by atoms with van der Waals surface area (Å²) in [6.07, 6.45) is 2.98. The molecule has 0 atom stereocenters. The van der Waals surface area contributed by atoms with Crippen LogP contribution in [0.1, 0.15) is 40.5 Å². The van der Waals surface area contributed by atoms with Crippen LogP contribution in [0.5, 0.6) is 0 Å². The summed E-state index contributed by atoms with van der Waals surface area (Å²) in [5, 5.41) is 5.41. The number of rotatable bonds is 6. The summed E-state index contributed by atoms with van der Waals surface area (Å²) in [5.74, 6) is 0.545. The Morgan fingerprint density at radius 2 is 1.83 bits per heavy atom. The molecule has 0 radical (unpaired) electrons. The number of hydrogen-bond donors (Lipinski definition) is 2. The van der Waals surface area contributed by atoms with Gasteiger partial charge in [0.15, 0.2) is 5.82 Å². The van der Waals surface area contributed by atoms with Gasteiger partial charge in [0, 0.05) is 18.9 Å². The molecule has 2 N–H and O–H groups in total. The van der Waals surface area contributed by atoms with Crippen LogP contribution < -0.4 is 10.6 Å². The maximum absolute atomic E-state index is 12.5. The van der Waals surface area contributed by atoms with Crippen molar-refractivity contribution in [2.24, 2.45) is 5.92 Å². The molecule has 29 heavy (non-hydrogen) atoms. The predicted molar refractivity (Wildman–Crippen MR) is 107 cm³/mol. The number of carbonyl (C=O) groups excluding carboxylic acids is 2. The van der Waals surface area contributed by atoms with Crippen molar-refractivity contribution in [3.8, 4) is 11.5 Å². The van der Waals surface area contributed by atoms with Gasteiger partial charge in [0.25, 0.3) is 11.8 Å². The fraction of sp³-hybridized carbons (Fsp3) is 0.250. The normalized spacial score (nSPS) is 10.6. The van der Waals surface area contributed by atoms with Crippen molar-refractivity contribution in [3.05, 3.63) is 59.8 Å². The van der Waals surface area contributed by atoms with E-state index < -0.39 is 5.91 Å². The summed E-state index contributed by atoms with van der Waals surface area (Å²) in [6.45, 7) is 6.27. The summed E-state index contributed by atoms with van der Waals surface area (Å²) in [4.78, 5) is 45.5. The first-order valence-corrected chi connectivity index (χ1v) is 9.12. The second-order valence-corrected chi connectivity index (χ2v) is 6.73. The van der Waals surface area contributed by atoms with Crippen LogP contribution in [0.2, 0.25) is 0 Å². The highest BCUT2D eigenvalue weighted by Crippen LogP contribution is 2.13. The van der Waals surface area contributed by atoms with Crippen molar-refractivity contribution in [2.75, 3.05) is 11.9 Å². The minimum Gasteiger partial charge on any atom is -0.350 e. The Bertz CT molecular complexity index is 1010. The number of nitrogens with zero attached hydrogens (tertiary/aromatic N) is 5. The average Bonchev–Trinajstić information content (AvgIpc) is 2.72. The van der Waals surface area contributed by atoms with Crippen molar-refractivity contribution < 1.29 is 9.59 Å². The van der Waals surface area contributed by atoms with Crippen molar-refractivity contribution in [1.82, 2.24) is 30.2 Å². The Labute approximate surface area is 168 Å². The molecule has 0 saturated carbocycles. The predicted octanol–water partition coefficient (Wildman–Crippen LogP) is 2.28. The number of aromatic nitrogens is 5. The van der Waals surface area contributed by atoms with Gasteiger partial charge in [-0.25, -0.2) is 4.98 Å². The van der Waals surface area contributed by atoms with Gasteiger partial charge >= 0.3 is 0 Å². The van der Waals surface area contributed by atoms with Gasteiger partial charge in [0.1, 0.15) is 17.2 Å². The minimum absolute atomic E-state index is 0.113. The monoisotopic (exact) mass is 391 g/mol. The lowest BCUT2D eigenvalue weighted by molar-refractivity contribution is 0.0942. The van der Waals surface area contributed by atoms with E-state index in [0.29, 0.717) is 29.8 Å². The van der Waals surface area contributed by atoms with Crippen LogP contribution in [-0.4, -0.2) is 43.3 Å². The number of nitrogens with one attached hydrogen (secondary N) is 2. The van der Waals surface area contributed by atoms with Gasteiger partial charge in [-0.05, 0) is 37.1 Å². The average molecular weight is 391 g/mol. The molecule has 0 unspecified atom stereocenters. The quantitative estimate of drug-likeness (QED) is 0.661. The Balaban J connectivity index is 1.72. The molecule has 0 aliphatic heterocycles. The lowest BCUT2D eigenvalue weighted by Crippen LogP contribution is -2.28. The topological polar surface area (TPSA) is 123 Å². The van der Waals surface area contributed by atoms with Gasteiger partial charge in [0.2, 0.25) is 5.95 Å². The third-order valence-corrected chi connectivity index (χ3v) is 3.80. The van der Waals surface area contributed by atoms with E-state index in [2.05, 4.69) is 35.6 Å². The lowest BCUT2D eigenvalue weighted by Gasteiger charge is -2.08. The third-order valence-electron chi connectivity index (χ3n) is 3.80. The lowest BCUT2D eigenvalue weighted by atomic mass is 10.2. The van der Waals surface area contributed by atoms with Gasteiger partial charge in [-0.1, -0.05) is 19.9 Å². The van der Waals surface area contributed by atoms with Crippen molar-refractivity contribution in [3.63, 3.8) is 0 Å². The molecule has 0 aliphatic carbocycles. The molecule has 3 aromatic heterocycles. The van der Waals surface area contributed by atoms with Crippen LogP contribution in [0.15, 0.2) is 42.7 Å². The molecule has 0 spiro atoms. The zero-order valence-electron chi connectivity index (χ0n) is 16.4. The summed E-state index contributed by atoms with van der Waals surface area (Å²) in [5.41, 5.74) is 1.10. The zero-order valence-corrected chi connectivity index (χ0v) is 16.4. The molecule has 0 bridgehead atoms. The number of aryl methyl sites for hydroxylation is 1. The van der Waals surface area contributed by atoms with Gasteiger partial charge in [-0.3, -0.25) is 24.9 Å². The molecule has 3 rings (SSSR count). The first-order chi connectivity index (χ1) is 13.9. The fourth-order valence-electron chi connectivity index (χ4n) is 2.37. The first kappa shape index (κ1) is 20.0. The molecule has 2 amide bonds. The number of carbonyl (C=O) groups is 2. The van der Waals surface area contributed by atoms with Gasteiger partial charge in [0.05, 0.1) is 5.56 Å². The SMILES string of the molecule is Cc1nc(NC(=O)c2ccc(C(=O)NCC(C)C)nc2)nc(-c2ccccn2)n1. The molecule has 0 saturated heterocycles. The molecule has 3 heterocycles. The second kappa shape index (κ2) is 8.96. The van der Waals surface area contributed by atoms with E-state index in [0.717, 1.165) is 0 Å². The summed E-state index contributed by atoms with van der Waals surface area (Å²) >= 11 is 0. The molecule has 0 fully saturated rings. The van der Waals surface area contributed by atoms with Gasteiger partial charge < -0.3 is 5.32 Å². The van der Waals surface area contributed by atoms with Crippen molar-refractivity contribution in [2.45, 2.75) is 20.8 Å². The largest absolute Gasteiger partial charge is 0.350 e. The smallest absolute Gasteiger partial charge is 0.269 e. The molecule has 9 heteroatoms. The van der Waals surface area contributed by atoms with E-state index >= 15 is 0 Å². The maximum Gasteiger partial charge on any atom is 0.269 e. The third kappa shape index (κ3) is 5.38. The van der Waals surface area contributed by atoms with Crippen LogP contribution in [0.3, 0.4) is 0 Å². The molecular formula is C20H21N7O2. The molecule has 9 nitrogen and oxygen atoms in total. The number of hydrogen-bond acceptors (Lipinski definition) is 7. The summed E-state index contributed by atoms with van der Waals surface area (Å²) in [7, 11) is 0. The minimum atomic E-state index is -0.441. The van der Waals surface area contributed by atoms with E-state index in [4.69, 9.17) is 0 Å². The number of anilines is 1. The number of pyridine rings is 2. The molecule has 148 valence electrons. The zero-order chi connectivity index (χ0) is 20.8. The van der Waals surface area contributed by atoms with Gasteiger partial charge in [-0.15, -0.1) is 0 Å². The second-order valence-electron chi connectivity index (χ2n) is 6.73. The Morgan fingerprint density at radius 3 is 2.48 bits per heavy atom. The van der Waals surface area contributed by atoms with E-state index in [1.165, 1.54) is 18.3 Å². The highest BCUT2D eigenvalue weighted by molar-refractivity contribution is 6.03. The van der Waals surface area contributed by atoms with Crippen LogP contribution in [0, 0.1) is 12.8 Å². The number of amides is 2. The van der Waals surface area contributed by atoms with E-state index in [1.807, 2.05) is 19.9 Å². The van der Waals surface area contributed by atoms with Crippen LogP contribution in [0.25, 0.3) is 11.5 Å².